The van der Waals surface area contributed by atoms with E-state index in [2.05, 4.69) is 158 Å². The second kappa shape index (κ2) is 10.4. The van der Waals surface area contributed by atoms with Crippen molar-refractivity contribution in [2.45, 2.75) is 6.92 Å². The van der Waals surface area contributed by atoms with E-state index in [0.717, 1.165) is 0 Å². The molecule has 0 fully saturated rings. The van der Waals surface area contributed by atoms with Gasteiger partial charge in [0.1, 0.15) is 0 Å². The van der Waals surface area contributed by atoms with Crippen LogP contribution in [0.5, 0.6) is 0 Å². The highest BCUT2D eigenvalue weighted by Crippen LogP contribution is 2.46. The minimum Gasteiger partial charge on any atom is -0.265 e. The summed E-state index contributed by atoms with van der Waals surface area (Å²) in [5.41, 5.74) is 11.2. The molecule has 0 spiro atoms. The van der Waals surface area contributed by atoms with Crippen molar-refractivity contribution in [2.24, 2.45) is 0 Å². The molecule has 0 aliphatic rings. The number of aromatic nitrogens is 1. The zero-order valence-corrected chi connectivity index (χ0v) is 24.0. The van der Waals surface area contributed by atoms with E-state index in [-0.39, 0.29) is 0 Å². The number of rotatable bonds is 4. The molecule has 0 N–H and O–H groups in total. The molecule has 43 heavy (non-hydrogen) atoms. The van der Waals surface area contributed by atoms with Gasteiger partial charge in [-0.3, -0.25) is 4.98 Å². The van der Waals surface area contributed by atoms with E-state index in [4.69, 9.17) is 0 Å². The molecule has 1 heteroatoms. The van der Waals surface area contributed by atoms with Gasteiger partial charge < -0.3 is 0 Å². The van der Waals surface area contributed by atoms with Gasteiger partial charge >= 0.3 is 0 Å². The van der Waals surface area contributed by atoms with Gasteiger partial charge in [-0.05, 0) is 102 Å². The first-order valence-corrected chi connectivity index (χ1v) is 14.8. The molecular formula is C42H29N. The summed E-state index contributed by atoms with van der Waals surface area (Å²) >= 11 is 0. The van der Waals surface area contributed by atoms with Crippen LogP contribution in [0.15, 0.2) is 158 Å². The van der Waals surface area contributed by atoms with Gasteiger partial charge in [-0.1, -0.05) is 133 Å². The van der Waals surface area contributed by atoms with E-state index < -0.39 is 0 Å². The zero-order valence-electron chi connectivity index (χ0n) is 24.0. The van der Waals surface area contributed by atoms with Crippen molar-refractivity contribution in [3.05, 3.63) is 164 Å². The van der Waals surface area contributed by atoms with Gasteiger partial charge in [0, 0.05) is 12.4 Å². The lowest BCUT2D eigenvalue weighted by Gasteiger charge is -2.19. The Hall–Kier alpha value is -5.53. The van der Waals surface area contributed by atoms with Crippen LogP contribution < -0.4 is 0 Å². The summed E-state index contributed by atoms with van der Waals surface area (Å²) < 4.78 is 0. The monoisotopic (exact) mass is 547 g/mol. The van der Waals surface area contributed by atoms with Crippen molar-refractivity contribution in [3.8, 4) is 44.5 Å². The first-order chi connectivity index (χ1) is 21.3. The van der Waals surface area contributed by atoms with E-state index in [1.807, 2.05) is 12.4 Å². The first-order valence-electron chi connectivity index (χ1n) is 14.8. The van der Waals surface area contributed by atoms with Gasteiger partial charge in [0.2, 0.25) is 0 Å². The number of aryl methyl sites for hydroxylation is 1. The molecule has 0 aliphatic heterocycles. The van der Waals surface area contributed by atoms with Crippen LogP contribution in [0.4, 0.5) is 0 Å². The van der Waals surface area contributed by atoms with E-state index in [1.54, 1.807) is 0 Å². The average Bonchev–Trinajstić information content (AvgIpc) is 3.07. The minimum atomic E-state index is 1.17. The molecule has 0 aliphatic carbocycles. The molecule has 1 aromatic heterocycles. The summed E-state index contributed by atoms with van der Waals surface area (Å²) in [5, 5.41) is 7.58. The van der Waals surface area contributed by atoms with Crippen molar-refractivity contribution in [1.82, 2.24) is 4.98 Å². The molecular weight excluding hydrogens is 518 g/mol. The Kier molecular flexibility index (Phi) is 6.09. The maximum atomic E-state index is 4.22. The maximum Gasteiger partial charge on any atom is 0.0273 e. The van der Waals surface area contributed by atoms with E-state index >= 15 is 0 Å². The molecule has 0 amide bonds. The lowest BCUT2D eigenvalue weighted by Crippen LogP contribution is -1.92. The van der Waals surface area contributed by atoms with Crippen LogP contribution >= 0.6 is 0 Å². The van der Waals surface area contributed by atoms with Crippen LogP contribution in [0.1, 0.15) is 5.56 Å². The summed E-state index contributed by atoms with van der Waals surface area (Å²) in [7, 11) is 0. The lowest BCUT2D eigenvalue weighted by molar-refractivity contribution is 1.33. The van der Waals surface area contributed by atoms with Gasteiger partial charge in [-0.2, -0.15) is 0 Å². The molecule has 8 aromatic rings. The highest BCUT2D eigenvalue weighted by Gasteiger charge is 2.18. The van der Waals surface area contributed by atoms with Crippen LogP contribution in [0.3, 0.4) is 0 Å². The Balaban J connectivity index is 1.43. The Morgan fingerprint density at radius 3 is 1.51 bits per heavy atom. The highest BCUT2D eigenvalue weighted by atomic mass is 14.6. The van der Waals surface area contributed by atoms with Crippen molar-refractivity contribution in [1.29, 1.82) is 0 Å². The lowest BCUT2D eigenvalue weighted by atomic mass is 9.84. The quantitative estimate of drug-likeness (QED) is 0.200. The molecule has 0 atom stereocenters. The third kappa shape index (κ3) is 4.29. The summed E-state index contributed by atoms with van der Waals surface area (Å²) in [5.74, 6) is 0. The van der Waals surface area contributed by atoms with Crippen molar-refractivity contribution in [2.75, 3.05) is 0 Å². The summed E-state index contributed by atoms with van der Waals surface area (Å²) in [6, 6.07) is 53.2. The van der Waals surface area contributed by atoms with Gasteiger partial charge in [-0.25, -0.2) is 0 Å². The average molecular weight is 548 g/mol. The fourth-order valence-corrected chi connectivity index (χ4v) is 6.64. The van der Waals surface area contributed by atoms with Gasteiger partial charge in [0.15, 0.2) is 0 Å². The Morgan fingerprint density at radius 2 is 0.860 bits per heavy atom. The van der Waals surface area contributed by atoms with Crippen LogP contribution in [0.2, 0.25) is 0 Å². The fraction of sp³-hybridized carbons (Fsp3) is 0.0238. The van der Waals surface area contributed by atoms with Gasteiger partial charge in [-0.15, -0.1) is 0 Å². The van der Waals surface area contributed by atoms with Crippen LogP contribution in [0.25, 0.3) is 76.8 Å². The molecule has 8 rings (SSSR count). The van der Waals surface area contributed by atoms with Gasteiger partial charge in [0.25, 0.3) is 0 Å². The van der Waals surface area contributed by atoms with Crippen LogP contribution in [-0.4, -0.2) is 4.98 Å². The number of benzene rings is 7. The van der Waals surface area contributed by atoms with Gasteiger partial charge in [0.05, 0.1) is 0 Å². The third-order valence-electron chi connectivity index (χ3n) is 8.65. The normalized spacial score (nSPS) is 11.4. The zero-order chi connectivity index (χ0) is 28.8. The number of hydrogen-bond acceptors (Lipinski definition) is 1. The molecule has 0 saturated heterocycles. The first kappa shape index (κ1) is 25.2. The molecule has 0 radical (unpaired) electrons. The summed E-state index contributed by atoms with van der Waals surface area (Å²) in [6.45, 7) is 2.14. The smallest absolute Gasteiger partial charge is 0.0273 e. The number of pyridine rings is 1. The van der Waals surface area contributed by atoms with Crippen molar-refractivity contribution < 1.29 is 0 Å². The predicted octanol–water partition coefficient (Wildman–Crippen LogP) is 11.5. The maximum absolute atomic E-state index is 4.22. The summed E-state index contributed by atoms with van der Waals surface area (Å²) in [4.78, 5) is 4.22. The van der Waals surface area contributed by atoms with E-state index in [0.29, 0.717) is 0 Å². The SMILES string of the molecule is Cc1ccc(-c2cccc3c(-c4c5ccccc5c(-c5cccc(-c6ccncc6)c5)c5ccccc45)cccc23)cc1. The molecule has 0 saturated carbocycles. The largest absolute Gasteiger partial charge is 0.265 e. The second-order valence-electron chi connectivity index (χ2n) is 11.2. The van der Waals surface area contributed by atoms with Crippen LogP contribution in [0, 0.1) is 6.92 Å². The summed E-state index contributed by atoms with van der Waals surface area (Å²) in [6.07, 6.45) is 3.71. The topological polar surface area (TPSA) is 12.9 Å². The van der Waals surface area contributed by atoms with E-state index in [1.165, 1.54) is 82.4 Å². The fourth-order valence-electron chi connectivity index (χ4n) is 6.64. The van der Waals surface area contributed by atoms with Crippen LogP contribution in [-0.2, 0) is 0 Å². The second-order valence-corrected chi connectivity index (χ2v) is 11.2. The standard InChI is InChI=1S/C42H29N/c1-28-19-21-30(22-20-28)33-15-7-17-35-34(33)16-8-18-36(35)42-39-13-4-2-11-37(39)41(38-12-3-5-14-40(38)42)32-10-6-9-31(27-32)29-23-25-43-26-24-29/h2-27H,1H3. The number of fused-ring (bicyclic) bond motifs is 3. The van der Waals surface area contributed by atoms with E-state index in [9.17, 15) is 0 Å². The highest BCUT2D eigenvalue weighted by molar-refractivity contribution is 6.24. The number of hydrogen-bond donors (Lipinski definition) is 0. The molecule has 1 nitrogen and oxygen atoms in total. The van der Waals surface area contributed by atoms with Crippen molar-refractivity contribution >= 4 is 32.3 Å². The predicted molar refractivity (Wildman–Crippen MR) is 183 cm³/mol. The Morgan fingerprint density at radius 1 is 0.349 bits per heavy atom. The number of nitrogens with zero attached hydrogens (tertiary/aromatic N) is 1. The Bertz CT molecular complexity index is 2220. The van der Waals surface area contributed by atoms with Crippen molar-refractivity contribution in [3.63, 3.8) is 0 Å². The molecule has 202 valence electrons. The third-order valence-corrected chi connectivity index (χ3v) is 8.65. The molecule has 7 aromatic carbocycles. The molecule has 1 heterocycles. The minimum absolute atomic E-state index is 1.17. The molecule has 0 bridgehead atoms. The Labute approximate surface area is 251 Å². The molecule has 0 unspecified atom stereocenters.